The molecule has 0 aromatic heterocycles. The van der Waals surface area contributed by atoms with E-state index in [2.05, 4.69) is 13.8 Å². The van der Waals surface area contributed by atoms with E-state index in [1.165, 1.54) is 6.08 Å². The largest absolute Gasteiger partial charge is 0.455 e. The van der Waals surface area contributed by atoms with Crippen molar-refractivity contribution >= 4 is 5.97 Å². The van der Waals surface area contributed by atoms with E-state index in [9.17, 15) is 20.1 Å². The van der Waals surface area contributed by atoms with Crippen molar-refractivity contribution in [2.75, 3.05) is 13.2 Å². The third-order valence-corrected chi connectivity index (χ3v) is 6.63. The first-order valence-electron chi connectivity index (χ1n) is 9.98. The molecule has 156 valence electrons. The van der Waals surface area contributed by atoms with E-state index in [1.54, 1.807) is 18.2 Å². The van der Waals surface area contributed by atoms with Gasteiger partial charge < -0.3 is 20.1 Å². The molecule has 0 heterocycles. The summed E-state index contributed by atoms with van der Waals surface area (Å²) in [5.74, 6) is -0.654. The molecule has 2 aliphatic rings. The lowest BCUT2D eigenvalue weighted by Gasteiger charge is -2.61. The Kier molecular flexibility index (Phi) is 7.07. The first-order valence-corrected chi connectivity index (χ1v) is 9.98. The summed E-state index contributed by atoms with van der Waals surface area (Å²) in [6.45, 7) is 7.21. The Morgan fingerprint density at radius 3 is 2.46 bits per heavy atom. The minimum absolute atomic E-state index is 0.183. The van der Waals surface area contributed by atoms with E-state index in [-0.39, 0.29) is 11.3 Å². The van der Waals surface area contributed by atoms with Crippen LogP contribution in [-0.2, 0) is 9.53 Å². The Morgan fingerprint density at radius 2 is 1.86 bits per heavy atom. The maximum Gasteiger partial charge on any atom is 0.331 e. The molecule has 0 unspecified atom stereocenters. The van der Waals surface area contributed by atoms with E-state index in [4.69, 9.17) is 4.74 Å². The van der Waals surface area contributed by atoms with Crippen LogP contribution in [0.15, 0.2) is 48.1 Å². The second-order valence-electron chi connectivity index (χ2n) is 8.78. The van der Waals surface area contributed by atoms with E-state index >= 15 is 0 Å². The number of carbonyl (C=O) groups excluding carboxylic acids is 1. The molecule has 0 aliphatic heterocycles. The number of ether oxygens (including phenoxy) is 1. The molecule has 0 bridgehead atoms. The lowest BCUT2D eigenvalue weighted by molar-refractivity contribution is -0.198. The Hall–Kier alpha value is -1.69. The number of carbonyl (C=O) groups is 1. The minimum atomic E-state index is -1.53. The maximum absolute atomic E-state index is 12.4. The average molecular weight is 391 g/mol. The van der Waals surface area contributed by atoms with Crippen molar-refractivity contribution in [1.82, 2.24) is 0 Å². The topological polar surface area (TPSA) is 87.0 Å². The Morgan fingerprint density at radius 1 is 1.18 bits per heavy atom. The van der Waals surface area contributed by atoms with Crippen LogP contribution in [0.25, 0.3) is 0 Å². The van der Waals surface area contributed by atoms with Gasteiger partial charge in [-0.3, -0.25) is 0 Å². The number of fused-ring (bicyclic) bond motifs is 1. The summed E-state index contributed by atoms with van der Waals surface area (Å²) >= 11 is 0. The number of allylic oxidation sites excluding steroid dienone is 5. The highest BCUT2D eigenvalue weighted by molar-refractivity contribution is 5.82. The van der Waals surface area contributed by atoms with Gasteiger partial charge in [-0.05, 0) is 36.8 Å². The fraction of sp³-hybridized carbons (Fsp3) is 0.609. The van der Waals surface area contributed by atoms with Crippen LogP contribution in [0, 0.1) is 16.7 Å². The monoisotopic (exact) mass is 390 g/mol. The Bertz CT molecular complexity index is 687. The summed E-state index contributed by atoms with van der Waals surface area (Å²) in [7, 11) is 0. The third kappa shape index (κ3) is 4.02. The highest BCUT2D eigenvalue weighted by Gasteiger charge is 2.63. The first kappa shape index (κ1) is 22.6. The normalized spacial score (nSPS) is 35.3. The predicted molar refractivity (Wildman–Crippen MR) is 109 cm³/mol. The molecular formula is C23H34O5. The van der Waals surface area contributed by atoms with Gasteiger partial charge in [0.15, 0.2) is 0 Å². The van der Waals surface area contributed by atoms with Gasteiger partial charge >= 0.3 is 5.97 Å². The summed E-state index contributed by atoms with van der Waals surface area (Å²) in [6.07, 6.45) is 13.9. The molecule has 0 radical (unpaired) electrons. The molecule has 3 N–H and O–H groups in total. The van der Waals surface area contributed by atoms with Crippen LogP contribution in [0.3, 0.4) is 0 Å². The van der Waals surface area contributed by atoms with Crippen LogP contribution in [0.2, 0.25) is 0 Å². The number of hydrogen-bond donors (Lipinski definition) is 3. The summed E-state index contributed by atoms with van der Waals surface area (Å²) < 4.78 is 5.78. The third-order valence-electron chi connectivity index (χ3n) is 6.63. The maximum atomic E-state index is 12.4. The fourth-order valence-corrected chi connectivity index (χ4v) is 5.27. The van der Waals surface area contributed by atoms with E-state index in [0.717, 1.165) is 12.8 Å². The quantitative estimate of drug-likeness (QED) is 0.281. The standard InChI is InChI=1S/C23H34O5/c1-5-6-7-8-9-11-19(26)28-18-14-17(15-24)23(27,16-25)22(4)13-10-12-21(2,3)20(18)22/h5-9,11,14,18,20,24-25,27H,10,12-13,15-16H2,1-4H3/b6-5+,8-7+,11-9+/t18-,20+,22+,23-/m1/s1. The summed E-state index contributed by atoms with van der Waals surface area (Å²) in [5.41, 5.74) is -2.12. The van der Waals surface area contributed by atoms with Crippen molar-refractivity contribution in [3.63, 3.8) is 0 Å². The number of esters is 1. The molecule has 0 aromatic rings. The minimum Gasteiger partial charge on any atom is -0.455 e. The summed E-state index contributed by atoms with van der Waals surface area (Å²) in [5, 5.41) is 31.3. The van der Waals surface area contributed by atoms with Gasteiger partial charge in [-0.15, -0.1) is 0 Å². The van der Waals surface area contributed by atoms with Crippen LogP contribution in [0.1, 0.15) is 47.0 Å². The predicted octanol–water partition coefficient (Wildman–Crippen LogP) is 3.08. The molecular weight excluding hydrogens is 356 g/mol. The number of aliphatic hydroxyl groups is 3. The summed E-state index contributed by atoms with van der Waals surface area (Å²) in [4.78, 5) is 12.4. The van der Waals surface area contributed by atoms with Crippen molar-refractivity contribution in [3.8, 4) is 0 Å². The zero-order valence-electron chi connectivity index (χ0n) is 17.4. The number of aliphatic hydroxyl groups excluding tert-OH is 2. The molecule has 0 spiro atoms. The molecule has 0 aromatic carbocycles. The van der Waals surface area contributed by atoms with E-state index < -0.39 is 36.3 Å². The number of rotatable bonds is 6. The van der Waals surface area contributed by atoms with Crippen LogP contribution in [0.5, 0.6) is 0 Å². The molecule has 1 saturated carbocycles. The zero-order valence-corrected chi connectivity index (χ0v) is 17.4. The molecule has 0 amide bonds. The number of hydrogen-bond acceptors (Lipinski definition) is 5. The molecule has 28 heavy (non-hydrogen) atoms. The van der Waals surface area contributed by atoms with Gasteiger partial charge in [0.05, 0.1) is 13.2 Å². The first-order chi connectivity index (χ1) is 13.2. The SMILES string of the molecule is C/C=C/C=C/C=C/C(=O)O[C@@H]1C=C(CO)[C@](O)(CO)[C@@]2(C)CCCC(C)(C)[C@H]12. The van der Waals surface area contributed by atoms with Gasteiger partial charge in [-0.2, -0.15) is 0 Å². The highest BCUT2D eigenvalue weighted by Crippen LogP contribution is 2.61. The summed E-state index contributed by atoms with van der Waals surface area (Å²) in [6, 6.07) is 0. The van der Waals surface area contributed by atoms with Crippen LogP contribution in [-0.4, -0.2) is 46.2 Å². The molecule has 5 heteroatoms. The Balaban J connectivity index is 2.39. The second kappa shape index (κ2) is 8.76. The molecule has 1 fully saturated rings. The molecule has 2 aliphatic carbocycles. The lowest BCUT2D eigenvalue weighted by atomic mass is 9.46. The van der Waals surface area contributed by atoms with Crippen molar-refractivity contribution in [3.05, 3.63) is 48.1 Å². The van der Waals surface area contributed by atoms with Gasteiger partial charge in [-0.1, -0.05) is 57.6 Å². The van der Waals surface area contributed by atoms with Gasteiger partial charge in [0.25, 0.3) is 0 Å². The van der Waals surface area contributed by atoms with Gasteiger partial charge in [0, 0.05) is 17.4 Å². The van der Waals surface area contributed by atoms with Crippen LogP contribution in [0.4, 0.5) is 0 Å². The van der Waals surface area contributed by atoms with Crippen molar-refractivity contribution in [2.24, 2.45) is 16.7 Å². The van der Waals surface area contributed by atoms with Crippen LogP contribution < -0.4 is 0 Å². The smallest absolute Gasteiger partial charge is 0.331 e. The zero-order chi connectivity index (χ0) is 21.0. The van der Waals surface area contributed by atoms with Crippen molar-refractivity contribution < 1.29 is 24.9 Å². The van der Waals surface area contributed by atoms with E-state index in [1.807, 2.05) is 32.1 Å². The van der Waals surface area contributed by atoms with Crippen molar-refractivity contribution in [1.29, 1.82) is 0 Å². The van der Waals surface area contributed by atoms with Crippen molar-refractivity contribution in [2.45, 2.75) is 58.7 Å². The van der Waals surface area contributed by atoms with E-state index in [0.29, 0.717) is 12.0 Å². The highest BCUT2D eigenvalue weighted by atomic mass is 16.5. The van der Waals surface area contributed by atoms with Gasteiger partial charge in [0.1, 0.15) is 11.7 Å². The average Bonchev–Trinajstić information content (AvgIpc) is 2.63. The van der Waals surface area contributed by atoms with Gasteiger partial charge in [0.2, 0.25) is 0 Å². The Labute approximate surface area is 168 Å². The lowest BCUT2D eigenvalue weighted by Crippen LogP contribution is -2.65. The molecule has 5 nitrogen and oxygen atoms in total. The fourth-order valence-electron chi connectivity index (χ4n) is 5.27. The molecule has 4 atom stereocenters. The molecule has 0 saturated heterocycles. The molecule has 2 rings (SSSR count). The van der Waals surface area contributed by atoms with Crippen LogP contribution >= 0.6 is 0 Å². The second-order valence-corrected chi connectivity index (χ2v) is 8.78. The van der Waals surface area contributed by atoms with Gasteiger partial charge in [-0.25, -0.2) is 4.79 Å².